The van der Waals surface area contributed by atoms with E-state index in [1.807, 2.05) is 0 Å². The van der Waals surface area contributed by atoms with Gasteiger partial charge in [-0.1, -0.05) is 40.9 Å². The number of imidazole rings is 1. The third-order valence-corrected chi connectivity index (χ3v) is 4.95. The van der Waals surface area contributed by atoms with E-state index in [-0.39, 0.29) is 10.8 Å². The molecule has 9 heteroatoms. The van der Waals surface area contributed by atoms with Crippen LogP contribution in [-0.4, -0.2) is 16.1 Å². The van der Waals surface area contributed by atoms with E-state index < -0.39 is 11.9 Å². The molecule has 0 radical (unpaired) electrons. The fraction of sp³-hybridized carbons (Fsp3) is 0. The van der Waals surface area contributed by atoms with Crippen molar-refractivity contribution in [2.45, 2.75) is 0 Å². The van der Waals surface area contributed by atoms with Gasteiger partial charge >= 0.3 is 6.09 Å². The number of amides is 1. The number of anilines is 1. The van der Waals surface area contributed by atoms with Crippen LogP contribution in [0.25, 0.3) is 22.4 Å². The van der Waals surface area contributed by atoms with E-state index in [1.54, 1.807) is 36.4 Å². The van der Waals surface area contributed by atoms with Crippen molar-refractivity contribution in [3.63, 3.8) is 0 Å². The number of aromatic amines is 1. The van der Waals surface area contributed by atoms with Crippen molar-refractivity contribution in [3.05, 3.63) is 75.5 Å². The Kier molecular flexibility index (Phi) is 5.32. The second kappa shape index (κ2) is 7.91. The van der Waals surface area contributed by atoms with E-state index in [9.17, 15) is 9.18 Å². The van der Waals surface area contributed by atoms with Crippen molar-refractivity contribution in [3.8, 4) is 17.1 Å². The molecule has 0 saturated carbocycles. The first kappa shape index (κ1) is 19.5. The number of carbonyl (C=O) groups excluding carboxylic acids is 1. The number of benzene rings is 3. The summed E-state index contributed by atoms with van der Waals surface area (Å²) in [5.41, 5.74) is 2.17. The molecule has 5 nitrogen and oxygen atoms in total. The Bertz CT molecular complexity index is 1220. The van der Waals surface area contributed by atoms with Crippen molar-refractivity contribution >= 4 is 57.6 Å². The van der Waals surface area contributed by atoms with Gasteiger partial charge in [-0.25, -0.2) is 14.2 Å². The number of nitrogens with one attached hydrogen (secondary N) is 2. The Morgan fingerprint density at radius 3 is 2.48 bits per heavy atom. The zero-order chi connectivity index (χ0) is 20.5. The van der Waals surface area contributed by atoms with Gasteiger partial charge in [0.15, 0.2) is 0 Å². The van der Waals surface area contributed by atoms with Gasteiger partial charge in [-0.2, -0.15) is 0 Å². The minimum Gasteiger partial charge on any atom is -0.410 e. The molecule has 1 aromatic heterocycles. The van der Waals surface area contributed by atoms with Crippen molar-refractivity contribution in [1.29, 1.82) is 0 Å². The summed E-state index contributed by atoms with van der Waals surface area (Å²) in [5, 5.41) is 3.30. The number of carbonyl (C=O) groups is 1. The van der Waals surface area contributed by atoms with Gasteiger partial charge in [-0.15, -0.1) is 0 Å². The Morgan fingerprint density at radius 1 is 1.00 bits per heavy atom. The maximum atomic E-state index is 13.2. The van der Waals surface area contributed by atoms with E-state index in [0.29, 0.717) is 38.2 Å². The molecule has 1 amide bonds. The zero-order valence-electron chi connectivity index (χ0n) is 14.5. The van der Waals surface area contributed by atoms with Crippen LogP contribution in [0.2, 0.25) is 15.1 Å². The summed E-state index contributed by atoms with van der Waals surface area (Å²) < 4.78 is 18.5. The van der Waals surface area contributed by atoms with Crippen LogP contribution in [0.5, 0.6) is 5.75 Å². The van der Waals surface area contributed by atoms with Gasteiger partial charge in [0.2, 0.25) is 0 Å². The zero-order valence-corrected chi connectivity index (χ0v) is 16.7. The summed E-state index contributed by atoms with van der Waals surface area (Å²) in [6, 6.07) is 13.9. The van der Waals surface area contributed by atoms with Gasteiger partial charge in [0.05, 0.1) is 31.7 Å². The fourth-order valence-corrected chi connectivity index (χ4v) is 3.48. The molecule has 4 aromatic rings. The summed E-state index contributed by atoms with van der Waals surface area (Å²) >= 11 is 18.2. The van der Waals surface area contributed by atoms with Crippen molar-refractivity contribution < 1.29 is 13.9 Å². The third kappa shape index (κ3) is 4.15. The van der Waals surface area contributed by atoms with Crippen molar-refractivity contribution in [1.82, 2.24) is 9.97 Å². The highest BCUT2D eigenvalue weighted by molar-refractivity contribution is 6.39. The Labute approximate surface area is 179 Å². The van der Waals surface area contributed by atoms with Gasteiger partial charge in [-0.05, 0) is 42.5 Å². The molecule has 0 saturated heterocycles. The van der Waals surface area contributed by atoms with Gasteiger partial charge < -0.3 is 9.72 Å². The maximum Gasteiger partial charge on any atom is 0.417 e. The lowest BCUT2D eigenvalue weighted by Crippen LogP contribution is -2.16. The number of ether oxygens (including phenoxy) is 1. The van der Waals surface area contributed by atoms with Crippen LogP contribution >= 0.6 is 34.8 Å². The standard InChI is InChI=1S/C20H11Cl3FN3O2/c21-12-2-1-3-13(22)18(12)19-26-16-7-5-11(9-17(16)27-19)29-20(28)25-10-4-6-15(24)14(23)8-10/h1-9H,(H,25,28)(H,26,27). The summed E-state index contributed by atoms with van der Waals surface area (Å²) in [4.78, 5) is 19.7. The highest BCUT2D eigenvalue weighted by Crippen LogP contribution is 2.34. The highest BCUT2D eigenvalue weighted by Gasteiger charge is 2.14. The minimum atomic E-state index is -0.749. The lowest BCUT2D eigenvalue weighted by atomic mass is 10.2. The number of hydrogen-bond acceptors (Lipinski definition) is 3. The third-order valence-electron chi connectivity index (χ3n) is 4.03. The molecule has 0 aliphatic heterocycles. The molecule has 0 unspecified atom stereocenters. The lowest BCUT2D eigenvalue weighted by molar-refractivity contribution is 0.215. The number of fused-ring (bicyclic) bond motifs is 1. The predicted octanol–water partition coefficient (Wildman–Crippen LogP) is 6.94. The molecule has 1 heterocycles. The molecular weight excluding hydrogens is 440 g/mol. The summed E-state index contributed by atoms with van der Waals surface area (Å²) in [6.45, 7) is 0. The Hall–Kier alpha value is -2.80. The fourth-order valence-electron chi connectivity index (χ4n) is 2.72. The van der Waals surface area contributed by atoms with Crippen LogP contribution in [0.1, 0.15) is 0 Å². The molecule has 2 N–H and O–H groups in total. The van der Waals surface area contributed by atoms with E-state index >= 15 is 0 Å². The van der Waals surface area contributed by atoms with Crippen molar-refractivity contribution in [2.75, 3.05) is 5.32 Å². The van der Waals surface area contributed by atoms with E-state index in [4.69, 9.17) is 39.5 Å². The first-order valence-electron chi connectivity index (χ1n) is 8.29. The van der Waals surface area contributed by atoms with Crippen LogP contribution in [0, 0.1) is 5.82 Å². The molecule has 4 rings (SSSR count). The highest BCUT2D eigenvalue weighted by atomic mass is 35.5. The second-order valence-electron chi connectivity index (χ2n) is 6.00. The monoisotopic (exact) mass is 449 g/mol. The molecule has 0 aliphatic carbocycles. The molecule has 0 fully saturated rings. The molecule has 0 bridgehead atoms. The molecule has 0 spiro atoms. The van der Waals surface area contributed by atoms with Crippen molar-refractivity contribution in [2.24, 2.45) is 0 Å². The largest absolute Gasteiger partial charge is 0.417 e. The van der Waals surface area contributed by atoms with Gasteiger partial charge in [0, 0.05) is 11.8 Å². The Morgan fingerprint density at radius 2 is 1.76 bits per heavy atom. The van der Waals surface area contributed by atoms with E-state index in [2.05, 4.69) is 15.3 Å². The number of rotatable bonds is 3. The molecule has 146 valence electrons. The van der Waals surface area contributed by atoms with Crippen LogP contribution in [0.15, 0.2) is 54.6 Å². The molecule has 29 heavy (non-hydrogen) atoms. The summed E-state index contributed by atoms with van der Waals surface area (Å²) in [6.07, 6.45) is -0.749. The molecule has 0 aliphatic rings. The second-order valence-corrected chi connectivity index (χ2v) is 7.23. The average Bonchev–Trinajstić information content (AvgIpc) is 3.07. The van der Waals surface area contributed by atoms with Crippen LogP contribution < -0.4 is 10.1 Å². The Balaban J connectivity index is 1.56. The van der Waals surface area contributed by atoms with Crippen LogP contribution in [0.3, 0.4) is 0 Å². The summed E-state index contributed by atoms with van der Waals surface area (Å²) in [5.74, 6) is 0.200. The normalized spacial score (nSPS) is 10.9. The van der Waals surface area contributed by atoms with Gasteiger partial charge in [0.25, 0.3) is 0 Å². The number of aromatic nitrogens is 2. The number of nitrogens with zero attached hydrogens (tertiary/aromatic N) is 1. The first-order valence-corrected chi connectivity index (χ1v) is 9.42. The topological polar surface area (TPSA) is 67.0 Å². The SMILES string of the molecule is O=C(Nc1ccc(F)c(Cl)c1)Oc1ccc2nc(-c3c(Cl)cccc3Cl)[nH]c2c1. The lowest BCUT2D eigenvalue weighted by Gasteiger charge is -2.07. The molecular formula is C20H11Cl3FN3O2. The number of H-pyrrole nitrogens is 1. The maximum absolute atomic E-state index is 13.2. The first-order chi connectivity index (χ1) is 13.9. The number of halogens is 4. The van der Waals surface area contributed by atoms with Crippen LogP contribution in [0.4, 0.5) is 14.9 Å². The average molecular weight is 451 g/mol. The molecule has 0 atom stereocenters. The summed E-state index contributed by atoms with van der Waals surface area (Å²) in [7, 11) is 0. The number of hydrogen-bond donors (Lipinski definition) is 2. The van der Waals surface area contributed by atoms with Gasteiger partial charge in [0.1, 0.15) is 17.4 Å². The smallest absolute Gasteiger partial charge is 0.410 e. The van der Waals surface area contributed by atoms with E-state index in [0.717, 1.165) is 6.07 Å². The minimum absolute atomic E-state index is 0.104. The van der Waals surface area contributed by atoms with Gasteiger partial charge in [-0.3, -0.25) is 5.32 Å². The van der Waals surface area contributed by atoms with E-state index in [1.165, 1.54) is 12.1 Å². The predicted molar refractivity (Wildman–Crippen MR) is 113 cm³/mol. The quantitative estimate of drug-likeness (QED) is 0.355. The molecule has 3 aromatic carbocycles. The van der Waals surface area contributed by atoms with Crippen LogP contribution in [-0.2, 0) is 0 Å².